The molecule has 1 aliphatic carbocycles. The van der Waals surface area contributed by atoms with Crippen molar-refractivity contribution in [2.24, 2.45) is 0 Å². The molecule has 7 nitrogen and oxygen atoms in total. The largest absolute Gasteiger partial charge is 0.390 e. The first kappa shape index (κ1) is 11.3. The summed E-state index contributed by atoms with van der Waals surface area (Å²) >= 11 is 0. The zero-order valence-corrected chi connectivity index (χ0v) is 9.31. The predicted octanol–water partition coefficient (Wildman–Crippen LogP) is -0.587. The van der Waals surface area contributed by atoms with E-state index in [4.69, 9.17) is 5.73 Å². The smallest absolute Gasteiger partial charge is 0.165 e. The molecule has 2 heterocycles. The van der Waals surface area contributed by atoms with E-state index in [1.165, 1.54) is 17.2 Å². The number of halogens is 1. The van der Waals surface area contributed by atoms with E-state index in [9.17, 15) is 14.6 Å². The van der Waals surface area contributed by atoms with Crippen LogP contribution in [0.5, 0.6) is 0 Å². The number of nitrogen functional groups attached to an aromatic ring is 1. The summed E-state index contributed by atoms with van der Waals surface area (Å²) in [4.78, 5) is 11.9. The van der Waals surface area contributed by atoms with E-state index < -0.39 is 24.4 Å². The van der Waals surface area contributed by atoms with Crippen LogP contribution in [-0.4, -0.2) is 48.1 Å². The van der Waals surface area contributed by atoms with Gasteiger partial charge in [0.25, 0.3) is 0 Å². The highest BCUT2D eigenvalue weighted by molar-refractivity contribution is 5.81. The number of hydrogen-bond acceptors (Lipinski definition) is 6. The first-order valence-electron chi connectivity index (χ1n) is 5.53. The molecule has 96 valence electrons. The van der Waals surface area contributed by atoms with Crippen molar-refractivity contribution < 1.29 is 14.6 Å². The second-order valence-corrected chi connectivity index (χ2v) is 4.39. The first-order valence-corrected chi connectivity index (χ1v) is 5.53. The Bertz CT molecular complexity index is 589. The Hall–Kier alpha value is -1.80. The highest BCUT2D eigenvalue weighted by Crippen LogP contribution is 2.34. The Morgan fingerprint density at radius 2 is 2.11 bits per heavy atom. The van der Waals surface area contributed by atoms with Crippen LogP contribution in [0.2, 0.25) is 0 Å². The van der Waals surface area contributed by atoms with Gasteiger partial charge in [0.1, 0.15) is 17.9 Å². The number of anilines is 1. The van der Waals surface area contributed by atoms with Gasteiger partial charge in [-0.3, -0.25) is 0 Å². The number of aromatic nitrogens is 4. The normalized spacial score (nSPS) is 32.2. The van der Waals surface area contributed by atoms with Crippen molar-refractivity contribution in [2.75, 3.05) is 5.73 Å². The summed E-state index contributed by atoms with van der Waals surface area (Å²) in [5.74, 6) is 0.226. The van der Waals surface area contributed by atoms with Crippen LogP contribution in [0, 0.1) is 0 Å². The second-order valence-electron chi connectivity index (χ2n) is 4.39. The molecule has 4 atom stereocenters. The number of nitrogens with two attached hydrogens (primary N) is 1. The summed E-state index contributed by atoms with van der Waals surface area (Å²) in [5, 5.41) is 19.2. The van der Waals surface area contributed by atoms with Gasteiger partial charge in [-0.1, -0.05) is 0 Å². The van der Waals surface area contributed by atoms with Crippen molar-refractivity contribution in [3.8, 4) is 0 Å². The molecule has 2 aromatic heterocycles. The minimum atomic E-state index is -1.66. The van der Waals surface area contributed by atoms with E-state index in [1.807, 2.05) is 0 Å². The SMILES string of the molecule is Nc1ncnc2c1ncn2[C@@H]1C[C@H](O)[C@H](F)[C@H]1O. The van der Waals surface area contributed by atoms with Crippen molar-refractivity contribution in [1.82, 2.24) is 19.5 Å². The monoisotopic (exact) mass is 253 g/mol. The van der Waals surface area contributed by atoms with Crippen LogP contribution in [-0.2, 0) is 0 Å². The maximum absolute atomic E-state index is 13.4. The molecule has 0 spiro atoms. The van der Waals surface area contributed by atoms with Crippen molar-refractivity contribution in [3.63, 3.8) is 0 Å². The molecule has 0 bridgehead atoms. The summed E-state index contributed by atoms with van der Waals surface area (Å²) in [6.45, 7) is 0. The van der Waals surface area contributed by atoms with Crippen LogP contribution in [0.25, 0.3) is 11.2 Å². The second kappa shape index (κ2) is 3.85. The van der Waals surface area contributed by atoms with Crippen LogP contribution >= 0.6 is 0 Å². The van der Waals surface area contributed by atoms with E-state index >= 15 is 0 Å². The molecular formula is C10H12FN5O2. The molecule has 0 radical (unpaired) electrons. The van der Waals surface area contributed by atoms with Gasteiger partial charge in [0, 0.05) is 0 Å². The average Bonchev–Trinajstić information content (AvgIpc) is 2.88. The molecule has 0 aromatic carbocycles. The van der Waals surface area contributed by atoms with Crippen molar-refractivity contribution in [3.05, 3.63) is 12.7 Å². The number of fused-ring (bicyclic) bond motifs is 1. The van der Waals surface area contributed by atoms with E-state index in [0.717, 1.165) is 0 Å². The van der Waals surface area contributed by atoms with E-state index in [2.05, 4.69) is 15.0 Å². The van der Waals surface area contributed by atoms with Crippen LogP contribution < -0.4 is 5.73 Å². The molecule has 0 saturated heterocycles. The lowest BCUT2D eigenvalue weighted by molar-refractivity contribution is 0.0291. The van der Waals surface area contributed by atoms with Gasteiger partial charge >= 0.3 is 0 Å². The van der Waals surface area contributed by atoms with Gasteiger partial charge in [0.05, 0.1) is 18.5 Å². The maximum atomic E-state index is 13.4. The number of hydrogen-bond donors (Lipinski definition) is 3. The Balaban J connectivity index is 2.08. The number of nitrogens with zero attached hydrogens (tertiary/aromatic N) is 4. The van der Waals surface area contributed by atoms with Gasteiger partial charge in [-0.15, -0.1) is 0 Å². The van der Waals surface area contributed by atoms with Crippen molar-refractivity contribution in [1.29, 1.82) is 0 Å². The summed E-state index contributed by atoms with van der Waals surface area (Å²) < 4.78 is 15.0. The molecule has 0 aliphatic heterocycles. The Morgan fingerprint density at radius 1 is 1.33 bits per heavy atom. The van der Waals surface area contributed by atoms with Gasteiger partial charge in [-0.25, -0.2) is 19.3 Å². The lowest BCUT2D eigenvalue weighted by atomic mass is 10.2. The lowest BCUT2D eigenvalue weighted by Crippen LogP contribution is -2.27. The Labute approximate surface area is 101 Å². The number of rotatable bonds is 1. The topological polar surface area (TPSA) is 110 Å². The van der Waals surface area contributed by atoms with Crippen LogP contribution in [0.1, 0.15) is 12.5 Å². The molecule has 0 amide bonds. The molecule has 3 rings (SSSR count). The third-order valence-corrected chi connectivity index (χ3v) is 3.32. The summed E-state index contributed by atoms with van der Waals surface area (Å²) in [5.41, 5.74) is 6.47. The van der Waals surface area contributed by atoms with Gasteiger partial charge in [-0.05, 0) is 6.42 Å². The third kappa shape index (κ3) is 1.46. The first-order chi connectivity index (χ1) is 8.59. The van der Waals surface area contributed by atoms with Gasteiger partial charge in [0.2, 0.25) is 0 Å². The molecule has 8 heteroatoms. The Kier molecular flexibility index (Phi) is 2.42. The van der Waals surface area contributed by atoms with Crippen LogP contribution in [0.15, 0.2) is 12.7 Å². The molecule has 2 aromatic rings. The van der Waals surface area contributed by atoms with Gasteiger partial charge in [0.15, 0.2) is 17.6 Å². The third-order valence-electron chi connectivity index (χ3n) is 3.32. The number of imidazole rings is 1. The number of aliphatic hydroxyl groups excluding tert-OH is 2. The fourth-order valence-electron chi connectivity index (χ4n) is 2.35. The predicted molar refractivity (Wildman–Crippen MR) is 60.3 cm³/mol. The molecular weight excluding hydrogens is 241 g/mol. The van der Waals surface area contributed by atoms with Gasteiger partial charge in [-0.2, -0.15) is 0 Å². The minimum Gasteiger partial charge on any atom is -0.390 e. The zero-order valence-electron chi connectivity index (χ0n) is 9.31. The lowest BCUT2D eigenvalue weighted by Gasteiger charge is -2.16. The van der Waals surface area contributed by atoms with E-state index in [0.29, 0.717) is 11.2 Å². The molecule has 1 aliphatic rings. The zero-order chi connectivity index (χ0) is 12.9. The quantitative estimate of drug-likeness (QED) is 0.626. The van der Waals surface area contributed by atoms with Crippen LogP contribution in [0.3, 0.4) is 0 Å². The Morgan fingerprint density at radius 3 is 2.78 bits per heavy atom. The highest BCUT2D eigenvalue weighted by Gasteiger charge is 2.43. The fraction of sp³-hybridized carbons (Fsp3) is 0.500. The van der Waals surface area contributed by atoms with Crippen LogP contribution in [0.4, 0.5) is 10.2 Å². The fourth-order valence-corrected chi connectivity index (χ4v) is 2.35. The summed E-state index contributed by atoms with van der Waals surface area (Å²) in [6.07, 6.45) is -1.31. The maximum Gasteiger partial charge on any atom is 0.165 e. The van der Waals surface area contributed by atoms with E-state index in [-0.39, 0.29) is 12.2 Å². The van der Waals surface area contributed by atoms with Gasteiger partial charge < -0.3 is 20.5 Å². The standard InChI is InChI=1S/C10H12FN5O2/c11-6-5(17)1-4(8(6)18)16-3-15-7-9(12)13-2-14-10(7)16/h2-6,8,17-18H,1H2,(H2,12,13,14)/t4-,5+,6+,8+/m1/s1. The molecule has 18 heavy (non-hydrogen) atoms. The molecule has 1 saturated carbocycles. The van der Waals surface area contributed by atoms with Crippen molar-refractivity contribution in [2.45, 2.75) is 30.8 Å². The summed E-state index contributed by atoms with van der Waals surface area (Å²) in [7, 11) is 0. The molecule has 0 unspecified atom stereocenters. The average molecular weight is 253 g/mol. The minimum absolute atomic E-state index is 0.109. The summed E-state index contributed by atoms with van der Waals surface area (Å²) in [6, 6.07) is -0.603. The number of alkyl halides is 1. The van der Waals surface area contributed by atoms with Crippen molar-refractivity contribution >= 4 is 17.0 Å². The number of aliphatic hydroxyl groups is 2. The highest BCUT2D eigenvalue weighted by atomic mass is 19.1. The van der Waals surface area contributed by atoms with E-state index in [1.54, 1.807) is 0 Å². The molecule has 1 fully saturated rings. The molecule has 4 N–H and O–H groups in total.